The predicted octanol–water partition coefficient (Wildman–Crippen LogP) is 1.72. The number of nitrogens with zero attached hydrogens (tertiary/aromatic N) is 2. The zero-order valence-electron chi connectivity index (χ0n) is 9.88. The molecule has 3 rings (SSSR count). The van der Waals surface area contributed by atoms with Gasteiger partial charge in [-0.15, -0.1) is 0 Å². The van der Waals surface area contributed by atoms with Gasteiger partial charge in [0, 0.05) is 30.8 Å². The van der Waals surface area contributed by atoms with Crippen molar-refractivity contribution in [2.24, 2.45) is 7.05 Å². The van der Waals surface area contributed by atoms with Crippen LogP contribution in [0.15, 0.2) is 24.4 Å². The smallest absolute Gasteiger partial charge is 0.357 e. The van der Waals surface area contributed by atoms with E-state index >= 15 is 0 Å². The van der Waals surface area contributed by atoms with Gasteiger partial charge in [0.2, 0.25) is 0 Å². The first kappa shape index (κ1) is 10.8. The first-order chi connectivity index (χ1) is 8.66. The fraction of sp³-hybridized carbons (Fsp3) is 0.231. The van der Waals surface area contributed by atoms with E-state index in [9.17, 15) is 9.90 Å². The molecule has 0 amide bonds. The van der Waals surface area contributed by atoms with Gasteiger partial charge in [0.1, 0.15) is 5.75 Å². The van der Waals surface area contributed by atoms with Gasteiger partial charge < -0.3 is 9.84 Å². The molecule has 5 nitrogen and oxygen atoms in total. The van der Waals surface area contributed by atoms with Crippen molar-refractivity contribution in [3.63, 3.8) is 0 Å². The van der Waals surface area contributed by atoms with Crippen LogP contribution in [0.1, 0.15) is 16.1 Å². The first-order valence-electron chi connectivity index (χ1n) is 5.69. The maximum atomic E-state index is 11.2. The minimum atomic E-state index is -1.03. The molecule has 1 aromatic carbocycles. The van der Waals surface area contributed by atoms with Crippen LogP contribution >= 0.6 is 0 Å². The topological polar surface area (TPSA) is 64.3 Å². The van der Waals surface area contributed by atoms with Crippen LogP contribution in [-0.2, 0) is 13.5 Å². The Hall–Kier alpha value is -2.30. The number of carboxylic acids is 1. The van der Waals surface area contributed by atoms with Crippen LogP contribution in [0.4, 0.5) is 0 Å². The molecular formula is C13H12N2O3. The van der Waals surface area contributed by atoms with Crippen molar-refractivity contribution >= 4 is 5.97 Å². The Morgan fingerprint density at radius 2 is 2.28 bits per heavy atom. The summed E-state index contributed by atoms with van der Waals surface area (Å²) in [6.07, 6.45) is 2.58. The fourth-order valence-electron chi connectivity index (χ4n) is 2.27. The van der Waals surface area contributed by atoms with E-state index in [4.69, 9.17) is 4.74 Å². The Balaban J connectivity index is 2.22. The summed E-state index contributed by atoms with van der Waals surface area (Å²) in [5, 5.41) is 13.1. The number of hydrogen-bond acceptors (Lipinski definition) is 3. The minimum Gasteiger partial charge on any atom is -0.492 e. The lowest BCUT2D eigenvalue weighted by Crippen LogP contribution is -2.01. The fourth-order valence-corrected chi connectivity index (χ4v) is 2.27. The summed E-state index contributed by atoms with van der Waals surface area (Å²) in [5.74, 6) is -0.241. The van der Waals surface area contributed by atoms with E-state index in [1.165, 1.54) is 4.68 Å². The number of aromatic nitrogens is 2. The van der Waals surface area contributed by atoms with Gasteiger partial charge in [-0.25, -0.2) is 4.79 Å². The quantitative estimate of drug-likeness (QED) is 0.873. The van der Waals surface area contributed by atoms with E-state index in [-0.39, 0.29) is 5.69 Å². The molecule has 1 aliphatic heterocycles. The third kappa shape index (κ3) is 1.55. The second kappa shape index (κ2) is 3.87. The lowest BCUT2D eigenvalue weighted by atomic mass is 10.0. The van der Waals surface area contributed by atoms with Gasteiger partial charge in [0.05, 0.1) is 6.61 Å². The van der Waals surface area contributed by atoms with Gasteiger partial charge in [0.15, 0.2) is 5.69 Å². The van der Waals surface area contributed by atoms with Crippen molar-refractivity contribution in [3.05, 3.63) is 35.7 Å². The Morgan fingerprint density at radius 1 is 1.44 bits per heavy atom. The Kier molecular flexibility index (Phi) is 2.33. The number of rotatable bonds is 2. The second-order valence-electron chi connectivity index (χ2n) is 4.26. The predicted molar refractivity (Wildman–Crippen MR) is 64.8 cm³/mol. The van der Waals surface area contributed by atoms with E-state index in [0.29, 0.717) is 12.2 Å². The number of aromatic carboxylic acids is 1. The van der Waals surface area contributed by atoms with Crippen LogP contribution in [0.3, 0.4) is 0 Å². The zero-order valence-corrected chi connectivity index (χ0v) is 9.88. The highest BCUT2D eigenvalue weighted by atomic mass is 16.5. The van der Waals surface area contributed by atoms with Crippen LogP contribution in [0.2, 0.25) is 0 Å². The van der Waals surface area contributed by atoms with Crippen molar-refractivity contribution in [1.82, 2.24) is 9.78 Å². The number of benzene rings is 1. The lowest BCUT2D eigenvalue weighted by molar-refractivity contribution is 0.0690. The molecule has 1 aliphatic rings. The third-order valence-electron chi connectivity index (χ3n) is 3.04. The van der Waals surface area contributed by atoms with Gasteiger partial charge >= 0.3 is 5.97 Å². The van der Waals surface area contributed by atoms with E-state index in [1.54, 1.807) is 13.2 Å². The highest BCUT2D eigenvalue weighted by Gasteiger charge is 2.23. The molecule has 0 atom stereocenters. The number of para-hydroxylation sites is 1. The maximum absolute atomic E-state index is 11.2. The number of carboxylic acid groups (broad SMARTS) is 1. The summed E-state index contributed by atoms with van der Waals surface area (Å²) in [6, 6.07) is 5.79. The van der Waals surface area contributed by atoms with Gasteiger partial charge in [-0.3, -0.25) is 4.68 Å². The number of hydrogen-bond donors (Lipinski definition) is 1. The monoisotopic (exact) mass is 244 g/mol. The summed E-state index contributed by atoms with van der Waals surface area (Å²) in [5.41, 5.74) is 2.58. The van der Waals surface area contributed by atoms with Crippen LogP contribution in [0.5, 0.6) is 5.75 Å². The summed E-state index contributed by atoms with van der Waals surface area (Å²) >= 11 is 0. The van der Waals surface area contributed by atoms with Crippen LogP contribution in [-0.4, -0.2) is 27.5 Å². The molecule has 0 unspecified atom stereocenters. The van der Waals surface area contributed by atoms with Gasteiger partial charge in [-0.2, -0.15) is 5.10 Å². The molecule has 18 heavy (non-hydrogen) atoms. The summed E-state index contributed by atoms with van der Waals surface area (Å²) < 4.78 is 7.11. The molecule has 0 bridgehead atoms. The molecule has 5 heteroatoms. The van der Waals surface area contributed by atoms with E-state index in [1.807, 2.05) is 18.2 Å². The molecular weight excluding hydrogens is 232 g/mol. The van der Waals surface area contributed by atoms with Gasteiger partial charge in [-0.05, 0) is 5.56 Å². The van der Waals surface area contributed by atoms with Crippen molar-refractivity contribution in [1.29, 1.82) is 0 Å². The number of aryl methyl sites for hydroxylation is 1. The van der Waals surface area contributed by atoms with Crippen LogP contribution < -0.4 is 4.74 Å². The lowest BCUT2D eigenvalue weighted by Gasteiger charge is -2.06. The Bertz CT molecular complexity index is 631. The number of fused-ring (bicyclic) bond motifs is 1. The highest BCUT2D eigenvalue weighted by Crippen LogP contribution is 2.37. The summed E-state index contributed by atoms with van der Waals surface area (Å²) in [4.78, 5) is 11.2. The molecule has 0 fully saturated rings. The SMILES string of the molecule is Cn1cc(-c2cccc3c2OCC3)c(C(=O)O)n1. The molecule has 92 valence electrons. The number of carbonyl (C=O) groups is 1. The zero-order chi connectivity index (χ0) is 12.7. The normalized spacial score (nSPS) is 13.2. The van der Waals surface area contributed by atoms with E-state index in [2.05, 4.69) is 5.10 Å². The summed E-state index contributed by atoms with van der Waals surface area (Å²) in [7, 11) is 1.71. The Morgan fingerprint density at radius 3 is 3.06 bits per heavy atom. The molecule has 0 saturated carbocycles. The van der Waals surface area contributed by atoms with E-state index < -0.39 is 5.97 Å². The molecule has 0 radical (unpaired) electrons. The molecule has 2 aromatic rings. The maximum Gasteiger partial charge on any atom is 0.357 e. The second-order valence-corrected chi connectivity index (χ2v) is 4.26. The minimum absolute atomic E-state index is 0.0569. The summed E-state index contributed by atoms with van der Waals surface area (Å²) in [6.45, 7) is 0.648. The average Bonchev–Trinajstić information content (AvgIpc) is 2.94. The Labute approximate surface area is 104 Å². The molecule has 1 N–H and O–H groups in total. The molecule has 1 aromatic heterocycles. The van der Waals surface area contributed by atoms with Crippen molar-refractivity contribution < 1.29 is 14.6 Å². The van der Waals surface area contributed by atoms with Crippen molar-refractivity contribution in [2.45, 2.75) is 6.42 Å². The average molecular weight is 244 g/mol. The molecule has 2 heterocycles. The molecule has 0 saturated heterocycles. The van der Waals surface area contributed by atoms with Crippen LogP contribution in [0.25, 0.3) is 11.1 Å². The third-order valence-corrected chi connectivity index (χ3v) is 3.04. The highest BCUT2D eigenvalue weighted by molar-refractivity contribution is 5.95. The van der Waals surface area contributed by atoms with Crippen molar-refractivity contribution in [2.75, 3.05) is 6.61 Å². The van der Waals surface area contributed by atoms with Gasteiger partial charge in [0.25, 0.3) is 0 Å². The van der Waals surface area contributed by atoms with E-state index in [0.717, 1.165) is 23.3 Å². The standard InChI is InChI=1S/C13H12N2O3/c1-15-7-10(11(14-15)13(16)17)9-4-2-3-8-5-6-18-12(8)9/h2-4,7H,5-6H2,1H3,(H,16,17). The molecule has 0 aliphatic carbocycles. The largest absolute Gasteiger partial charge is 0.492 e. The van der Waals surface area contributed by atoms with Crippen LogP contribution in [0, 0.1) is 0 Å². The van der Waals surface area contributed by atoms with Gasteiger partial charge in [-0.1, -0.05) is 18.2 Å². The molecule has 0 spiro atoms. The number of ether oxygens (including phenoxy) is 1. The first-order valence-corrected chi connectivity index (χ1v) is 5.69. The van der Waals surface area contributed by atoms with Crippen molar-refractivity contribution in [3.8, 4) is 16.9 Å².